The van der Waals surface area contributed by atoms with E-state index >= 15 is 0 Å². The molecule has 0 unspecified atom stereocenters. The van der Waals surface area contributed by atoms with Crippen LogP contribution >= 0.6 is 0 Å². The van der Waals surface area contributed by atoms with Crippen LogP contribution in [-0.4, -0.2) is 11.3 Å². The zero-order chi connectivity index (χ0) is 38.5. The first-order chi connectivity index (χ1) is 27.6. The predicted molar refractivity (Wildman–Crippen MR) is 236 cm³/mol. The van der Waals surface area contributed by atoms with Crippen LogP contribution in [0.2, 0.25) is 0 Å². The molecule has 57 heavy (non-hydrogen) atoms. The highest BCUT2D eigenvalue weighted by molar-refractivity contribution is 6.89. The first kappa shape index (κ1) is 32.8. The van der Waals surface area contributed by atoms with E-state index in [2.05, 4.69) is 166 Å². The lowest BCUT2D eigenvalue weighted by atomic mass is 9.44. The molecule has 3 aliphatic heterocycles. The number of nitrogens with zero attached hydrogens (tertiary/aromatic N) is 2. The zero-order valence-corrected chi connectivity index (χ0v) is 33.1. The van der Waals surface area contributed by atoms with Crippen LogP contribution in [0.15, 0.2) is 140 Å². The van der Waals surface area contributed by atoms with Crippen LogP contribution < -0.4 is 25.3 Å². The fraction of sp³-hybridized carbons (Fsp3) is 0.154. The van der Waals surface area contributed by atoms with Gasteiger partial charge in [-0.05, 0) is 93.0 Å². The highest BCUT2D eigenvalue weighted by atomic mass is 16.6. The van der Waals surface area contributed by atoms with E-state index in [0.717, 1.165) is 28.6 Å². The molecule has 5 heteroatoms. The molecule has 0 radical (unpaired) electrons. The van der Waals surface area contributed by atoms with E-state index in [-0.39, 0.29) is 17.7 Å². The van der Waals surface area contributed by atoms with Crippen LogP contribution in [0.4, 0.5) is 17.1 Å². The molecule has 0 spiro atoms. The topological polar surface area (TPSA) is 26.6 Å². The van der Waals surface area contributed by atoms with Gasteiger partial charge < -0.3 is 18.9 Å². The van der Waals surface area contributed by atoms with Crippen LogP contribution in [0.5, 0.6) is 23.0 Å². The molecule has 0 fully saturated rings. The minimum atomic E-state index is -0.224. The molecule has 12 rings (SSSR count). The molecule has 1 aliphatic carbocycles. The standard InChI is InChI=1S/C52H41BN2O2/c1-30-25-37-33-18-14-19-35-47-34-17-10-11-20-38(34)52(5,6)50(47)55(49(33)35)53-39-28-45-46(57-44-22-13-12-21-43(44)56-45)29-41(39)54(42(26-30)48(37)53)40-24-23-32(51(2,3)4)27-36(40)31-15-8-7-9-16-31/h7-29H,1-6H3. The predicted octanol–water partition coefficient (Wildman–Crippen LogP) is 12.5. The molecule has 0 N–H and O–H groups in total. The van der Waals surface area contributed by atoms with Gasteiger partial charge in [0.05, 0.1) is 5.69 Å². The van der Waals surface area contributed by atoms with Crippen LogP contribution in [0.25, 0.3) is 44.3 Å². The van der Waals surface area contributed by atoms with Gasteiger partial charge >= 0.3 is 6.85 Å². The second-order valence-corrected chi connectivity index (χ2v) is 17.8. The third-order valence-electron chi connectivity index (χ3n) is 13.0. The molecule has 0 saturated carbocycles. The first-order valence-corrected chi connectivity index (χ1v) is 20.1. The van der Waals surface area contributed by atoms with Gasteiger partial charge in [0.1, 0.15) is 0 Å². The molecule has 4 aliphatic rings. The summed E-state index contributed by atoms with van der Waals surface area (Å²) in [5.41, 5.74) is 19.9. The van der Waals surface area contributed by atoms with Crippen molar-refractivity contribution in [3.63, 3.8) is 0 Å². The van der Waals surface area contributed by atoms with Crippen LogP contribution in [0.1, 0.15) is 57.0 Å². The zero-order valence-electron chi connectivity index (χ0n) is 33.1. The van der Waals surface area contributed by atoms with E-state index < -0.39 is 0 Å². The monoisotopic (exact) mass is 736 g/mol. The quantitative estimate of drug-likeness (QED) is 0.165. The second-order valence-electron chi connectivity index (χ2n) is 17.8. The Labute approximate surface area is 334 Å². The van der Waals surface area contributed by atoms with Crippen LogP contribution in [0, 0.1) is 6.92 Å². The van der Waals surface area contributed by atoms with Gasteiger partial charge in [-0.2, -0.15) is 0 Å². The summed E-state index contributed by atoms with van der Waals surface area (Å²) in [6.45, 7) is 13.8. The van der Waals surface area contributed by atoms with Crippen LogP contribution in [-0.2, 0) is 10.8 Å². The summed E-state index contributed by atoms with van der Waals surface area (Å²) in [7, 11) is 0. The third-order valence-corrected chi connectivity index (χ3v) is 13.0. The van der Waals surface area contributed by atoms with Crippen molar-refractivity contribution in [2.45, 2.75) is 52.4 Å². The molecule has 1 aromatic heterocycles. The molecule has 0 saturated heterocycles. The highest BCUT2D eigenvalue weighted by Crippen LogP contribution is 2.57. The molecule has 274 valence electrons. The van der Waals surface area contributed by atoms with E-state index in [1.54, 1.807) is 0 Å². The molecule has 0 bridgehead atoms. The number of benzene rings is 7. The van der Waals surface area contributed by atoms with E-state index in [1.165, 1.54) is 83.3 Å². The van der Waals surface area contributed by atoms with Crippen molar-refractivity contribution >= 4 is 45.7 Å². The summed E-state index contributed by atoms with van der Waals surface area (Å²) in [5.74, 6) is 2.90. The minimum absolute atomic E-state index is 0.0264. The Morgan fingerprint density at radius 3 is 2.05 bits per heavy atom. The summed E-state index contributed by atoms with van der Waals surface area (Å²) < 4.78 is 16.2. The molecular formula is C52H41BN2O2. The Hall–Kier alpha value is -6.46. The maximum Gasteiger partial charge on any atom is 0.333 e. The van der Waals surface area contributed by atoms with E-state index in [4.69, 9.17) is 9.47 Å². The maximum absolute atomic E-state index is 6.73. The highest BCUT2D eigenvalue weighted by Gasteiger charge is 2.49. The Morgan fingerprint density at radius 1 is 0.579 bits per heavy atom. The molecule has 4 nitrogen and oxygen atoms in total. The number of ether oxygens (including phenoxy) is 2. The van der Waals surface area contributed by atoms with Gasteiger partial charge in [-0.1, -0.05) is 132 Å². The molecule has 0 atom stereocenters. The fourth-order valence-electron chi connectivity index (χ4n) is 10.4. The van der Waals surface area contributed by atoms with Gasteiger partial charge in [-0.3, -0.25) is 0 Å². The summed E-state index contributed by atoms with van der Waals surface area (Å²) in [5, 5.41) is 1.31. The van der Waals surface area contributed by atoms with E-state index in [9.17, 15) is 0 Å². The van der Waals surface area contributed by atoms with Crippen molar-refractivity contribution < 1.29 is 9.47 Å². The average Bonchev–Trinajstić information content (AvgIpc) is 3.68. The van der Waals surface area contributed by atoms with Crippen molar-refractivity contribution in [2.24, 2.45) is 0 Å². The van der Waals surface area contributed by atoms with Crippen molar-refractivity contribution in [1.29, 1.82) is 0 Å². The summed E-state index contributed by atoms with van der Waals surface area (Å²) in [4.78, 5) is 2.52. The molecule has 7 aromatic carbocycles. The van der Waals surface area contributed by atoms with E-state index in [1.807, 2.05) is 24.3 Å². The summed E-state index contributed by atoms with van der Waals surface area (Å²) in [6, 6.07) is 51.2. The second kappa shape index (κ2) is 11.1. The van der Waals surface area contributed by atoms with Gasteiger partial charge in [0.2, 0.25) is 0 Å². The molecule has 0 amide bonds. The Morgan fingerprint density at radius 2 is 1.28 bits per heavy atom. The Balaban J connectivity index is 1.22. The van der Waals surface area contributed by atoms with E-state index in [0.29, 0.717) is 5.75 Å². The number of rotatable bonds is 2. The average molecular weight is 737 g/mol. The van der Waals surface area contributed by atoms with Gasteiger partial charge in [-0.25, -0.2) is 0 Å². The fourth-order valence-corrected chi connectivity index (χ4v) is 10.4. The normalized spacial score (nSPS) is 14.8. The van der Waals surface area contributed by atoms with Crippen LogP contribution in [0.3, 0.4) is 0 Å². The van der Waals surface area contributed by atoms with Crippen molar-refractivity contribution in [1.82, 2.24) is 4.48 Å². The maximum atomic E-state index is 6.73. The molecule has 4 heterocycles. The smallest absolute Gasteiger partial charge is 0.333 e. The number of anilines is 3. The largest absolute Gasteiger partial charge is 0.450 e. The summed E-state index contributed by atoms with van der Waals surface area (Å²) in [6.07, 6.45) is 0. The number of fused-ring (bicyclic) bond motifs is 11. The molecule has 8 aromatic rings. The Kier molecular flexibility index (Phi) is 6.38. The van der Waals surface area contributed by atoms with Gasteiger partial charge in [0.25, 0.3) is 0 Å². The summed E-state index contributed by atoms with van der Waals surface area (Å²) >= 11 is 0. The first-order valence-electron chi connectivity index (χ1n) is 20.1. The van der Waals surface area contributed by atoms with Crippen molar-refractivity contribution in [3.05, 3.63) is 162 Å². The number of para-hydroxylation sites is 3. The SMILES string of the molecule is Cc1cc2c3c(c1)N(c1ccc(C(C)(C)C)cc1-c1ccccc1)c1cc4c(cc1B3n1c3c(c5cccc-2c51)-c1ccccc1C3(C)C)Oc1ccccc1O4. The number of hydrogen-bond acceptors (Lipinski definition) is 3. The lowest BCUT2D eigenvalue weighted by Crippen LogP contribution is -2.57. The van der Waals surface area contributed by atoms with Gasteiger partial charge in [-0.15, -0.1) is 0 Å². The lowest BCUT2D eigenvalue weighted by Gasteiger charge is -2.43. The number of aromatic nitrogens is 1. The van der Waals surface area contributed by atoms with Crippen molar-refractivity contribution in [3.8, 4) is 56.4 Å². The van der Waals surface area contributed by atoms with Gasteiger partial charge in [0, 0.05) is 56.1 Å². The Bertz CT molecular complexity index is 3060. The number of hydrogen-bond donors (Lipinski definition) is 0. The lowest BCUT2D eigenvalue weighted by molar-refractivity contribution is 0.360. The van der Waals surface area contributed by atoms with Gasteiger partial charge in [0.15, 0.2) is 23.0 Å². The minimum Gasteiger partial charge on any atom is -0.450 e. The number of aryl methyl sites for hydroxylation is 1. The van der Waals surface area contributed by atoms with Crippen molar-refractivity contribution in [2.75, 3.05) is 4.90 Å². The third kappa shape index (κ3) is 4.35. The molecular weight excluding hydrogens is 695 g/mol.